The predicted octanol–water partition coefficient (Wildman–Crippen LogP) is 2.43. The Labute approximate surface area is 131 Å². The minimum Gasteiger partial charge on any atom is -0.387 e. The van der Waals surface area contributed by atoms with Gasteiger partial charge >= 0.3 is 6.03 Å². The molecule has 2 rings (SSSR count). The fourth-order valence-corrected chi connectivity index (χ4v) is 1.82. The summed E-state index contributed by atoms with van der Waals surface area (Å²) < 4.78 is 25.9. The highest BCUT2D eigenvalue weighted by Crippen LogP contribution is 2.15. The van der Waals surface area contributed by atoms with Crippen LogP contribution in [-0.4, -0.2) is 17.7 Å². The quantitative estimate of drug-likeness (QED) is 0.715. The van der Waals surface area contributed by atoms with E-state index in [1.54, 1.807) is 0 Å². The van der Waals surface area contributed by atoms with Crippen molar-refractivity contribution >= 4 is 6.03 Å². The topological polar surface area (TPSA) is 70.6 Å². The SMILES string of the molecule is O=C(NC[C@H](O)c1ccc(F)c(F)c1)NOCc1ccccc1. The lowest BCUT2D eigenvalue weighted by Gasteiger charge is -2.13. The number of nitrogens with one attached hydrogen (secondary N) is 2. The van der Waals surface area contributed by atoms with Crippen LogP contribution in [0.4, 0.5) is 13.6 Å². The number of urea groups is 1. The molecular weight excluding hydrogens is 306 g/mol. The number of amides is 2. The second kappa shape index (κ2) is 8.21. The molecule has 2 amide bonds. The summed E-state index contributed by atoms with van der Waals surface area (Å²) in [4.78, 5) is 16.5. The number of hydrogen-bond acceptors (Lipinski definition) is 3. The second-order valence-corrected chi connectivity index (χ2v) is 4.78. The van der Waals surface area contributed by atoms with E-state index < -0.39 is 23.8 Å². The van der Waals surface area contributed by atoms with Gasteiger partial charge in [0.1, 0.15) is 0 Å². The monoisotopic (exact) mass is 322 g/mol. The maximum absolute atomic E-state index is 13.1. The normalized spacial score (nSPS) is 11.8. The number of rotatable bonds is 6. The predicted molar refractivity (Wildman–Crippen MR) is 79.1 cm³/mol. The number of hydrogen-bond donors (Lipinski definition) is 3. The van der Waals surface area contributed by atoms with E-state index in [0.29, 0.717) is 0 Å². The molecule has 0 radical (unpaired) electrons. The molecule has 0 bridgehead atoms. The highest BCUT2D eigenvalue weighted by molar-refractivity contribution is 5.72. The maximum Gasteiger partial charge on any atom is 0.338 e. The van der Waals surface area contributed by atoms with Crippen LogP contribution in [0.25, 0.3) is 0 Å². The molecule has 0 spiro atoms. The van der Waals surface area contributed by atoms with Crippen LogP contribution in [-0.2, 0) is 11.4 Å². The van der Waals surface area contributed by atoms with Gasteiger partial charge in [-0.3, -0.25) is 4.84 Å². The van der Waals surface area contributed by atoms with Gasteiger partial charge in [-0.15, -0.1) is 0 Å². The molecule has 0 saturated heterocycles. The van der Waals surface area contributed by atoms with Crippen molar-refractivity contribution in [2.24, 2.45) is 0 Å². The van der Waals surface area contributed by atoms with Crippen molar-refractivity contribution in [3.8, 4) is 0 Å². The minimum atomic E-state index is -1.16. The molecule has 0 aromatic heterocycles. The van der Waals surface area contributed by atoms with Gasteiger partial charge in [0.15, 0.2) is 11.6 Å². The van der Waals surface area contributed by atoms with E-state index in [9.17, 15) is 18.7 Å². The third-order valence-corrected chi connectivity index (χ3v) is 3.03. The zero-order chi connectivity index (χ0) is 16.7. The van der Waals surface area contributed by atoms with E-state index in [4.69, 9.17) is 4.84 Å². The first kappa shape index (κ1) is 16.9. The highest BCUT2D eigenvalue weighted by atomic mass is 19.2. The molecule has 0 heterocycles. The van der Waals surface area contributed by atoms with Gasteiger partial charge in [-0.05, 0) is 23.3 Å². The summed E-state index contributed by atoms with van der Waals surface area (Å²) in [5, 5.41) is 12.2. The van der Waals surface area contributed by atoms with Crippen LogP contribution in [0.5, 0.6) is 0 Å². The Bertz CT molecular complexity index is 653. The molecule has 7 heteroatoms. The Morgan fingerprint density at radius 1 is 1.13 bits per heavy atom. The molecular formula is C16H16F2N2O3. The second-order valence-electron chi connectivity index (χ2n) is 4.78. The van der Waals surface area contributed by atoms with Crippen molar-refractivity contribution in [1.82, 2.24) is 10.8 Å². The summed E-state index contributed by atoms with van der Waals surface area (Å²) in [5.41, 5.74) is 3.21. The standard InChI is InChI=1S/C16H16F2N2O3/c17-13-7-6-12(8-14(13)18)15(21)9-19-16(22)20-23-10-11-4-2-1-3-5-11/h1-8,15,21H,9-10H2,(H2,19,20,22)/t15-/m0/s1. The largest absolute Gasteiger partial charge is 0.387 e. The molecule has 5 nitrogen and oxygen atoms in total. The van der Waals surface area contributed by atoms with Gasteiger partial charge in [0.2, 0.25) is 0 Å². The third kappa shape index (κ3) is 5.32. The van der Waals surface area contributed by atoms with Gasteiger partial charge in [0, 0.05) is 6.54 Å². The molecule has 0 aliphatic heterocycles. The van der Waals surface area contributed by atoms with E-state index in [2.05, 4.69) is 10.8 Å². The summed E-state index contributed by atoms with van der Waals surface area (Å²) in [6.45, 7) is 0.0194. The maximum atomic E-state index is 13.1. The minimum absolute atomic E-state index is 0.161. The molecule has 2 aromatic rings. The van der Waals surface area contributed by atoms with Gasteiger partial charge < -0.3 is 10.4 Å². The van der Waals surface area contributed by atoms with Crippen LogP contribution >= 0.6 is 0 Å². The van der Waals surface area contributed by atoms with Crippen molar-refractivity contribution in [3.63, 3.8) is 0 Å². The summed E-state index contributed by atoms with van der Waals surface area (Å²) in [7, 11) is 0. The van der Waals surface area contributed by atoms with E-state index in [0.717, 1.165) is 17.7 Å². The molecule has 0 aliphatic rings. The van der Waals surface area contributed by atoms with Crippen LogP contribution in [0, 0.1) is 11.6 Å². The average molecular weight is 322 g/mol. The Morgan fingerprint density at radius 3 is 2.57 bits per heavy atom. The number of hydroxylamine groups is 1. The molecule has 23 heavy (non-hydrogen) atoms. The lowest BCUT2D eigenvalue weighted by atomic mass is 10.1. The number of carbonyl (C=O) groups is 1. The number of aliphatic hydroxyl groups excluding tert-OH is 1. The summed E-state index contributed by atoms with van der Waals surface area (Å²) in [5.74, 6) is -2.06. The first-order valence-electron chi connectivity index (χ1n) is 6.89. The van der Waals surface area contributed by atoms with Crippen molar-refractivity contribution in [2.75, 3.05) is 6.54 Å². The van der Waals surface area contributed by atoms with Crippen molar-refractivity contribution in [2.45, 2.75) is 12.7 Å². The van der Waals surface area contributed by atoms with Crippen molar-refractivity contribution in [1.29, 1.82) is 0 Å². The van der Waals surface area contributed by atoms with Crippen LogP contribution in [0.15, 0.2) is 48.5 Å². The van der Waals surface area contributed by atoms with Gasteiger partial charge in [-0.2, -0.15) is 0 Å². The molecule has 0 fully saturated rings. The zero-order valence-electron chi connectivity index (χ0n) is 12.1. The fraction of sp³-hybridized carbons (Fsp3) is 0.188. The first-order chi connectivity index (χ1) is 11.1. The van der Waals surface area contributed by atoms with E-state index >= 15 is 0 Å². The van der Waals surface area contributed by atoms with Gasteiger partial charge in [-0.25, -0.2) is 19.1 Å². The Hall–Kier alpha value is -2.51. The summed E-state index contributed by atoms with van der Waals surface area (Å²) in [6, 6.07) is 11.6. The highest BCUT2D eigenvalue weighted by Gasteiger charge is 2.12. The molecule has 3 N–H and O–H groups in total. The van der Waals surface area contributed by atoms with Gasteiger partial charge in [0.25, 0.3) is 0 Å². The number of carbonyl (C=O) groups excluding carboxylic acids is 1. The van der Waals surface area contributed by atoms with E-state index in [1.807, 2.05) is 30.3 Å². The molecule has 0 unspecified atom stereocenters. The van der Waals surface area contributed by atoms with Gasteiger partial charge in [0.05, 0.1) is 12.7 Å². The van der Waals surface area contributed by atoms with E-state index in [-0.39, 0.29) is 18.7 Å². The average Bonchev–Trinajstić information content (AvgIpc) is 2.56. The molecule has 122 valence electrons. The third-order valence-electron chi connectivity index (χ3n) is 3.03. The van der Waals surface area contributed by atoms with Crippen molar-refractivity contribution in [3.05, 3.63) is 71.3 Å². The summed E-state index contributed by atoms with van der Waals surface area (Å²) in [6.07, 6.45) is -1.16. The molecule has 0 aliphatic carbocycles. The Balaban J connectivity index is 1.72. The molecule has 0 saturated carbocycles. The number of benzene rings is 2. The van der Waals surface area contributed by atoms with Gasteiger partial charge in [-0.1, -0.05) is 36.4 Å². The molecule has 2 aromatic carbocycles. The lowest BCUT2D eigenvalue weighted by molar-refractivity contribution is 0.0477. The van der Waals surface area contributed by atoms with Crippen LogP contribution < -0.4 is 10.8 Å². The molecule has 1 atom stereocenters. The first-order valence-corrected chi connectivity index (χ1v) is 6.89. The van der Waals surface area contributed by atoms with Crippen LogP contribution in [0.3, 0.4) is 0 Å². The van der Waals surface area contributed by atoms with E-state index in [1.165, 1.54) is 6.07 Å². The van der Waals surface area contributed by atoms with Crippen LogP contribution in [0.2, 0.25) is 0 Å². The zero-order valence-corrected chi connectivity index (χ0v) is 12.1. The smallest absolute Gasteiger partial charge is 0.338 e. The fourth-order valence-electron chi connectivity index (χ4n) is 1.82. The lowest BCUT2D eigenvalue weighted by Crippen LogP contribution is -2.37. The number of aliphatic hydroxyl groups is 1. The van der Waals surface area contributed by atoms with Crippen molar-refractivity contribution < 1.29 is 23.5 Å². The summed E-state index contributed by atoms with van der Waals surface area (Å²) >= 11 is 0. The Morgan fingerprint density at radius 2 is 1.87 bits per heavy atom. The number of halogens is 2. The Kier molecular flexibility index (Phi) is 6.02. The van der Waals surface area contributed by atoms with Crippen LogP contribution in [0.1, 0.15) is 17.2 Å².